The molecule has 2 aliphatic rings. The van der Waals surface area contributed by atoms with Crippen molar-refractivity contribution in [2.24, 2.45) is 0 Å². The number of nitrogens with zero attached hydrogens (tertiary/aromatic N) is 6. The molecule has 13 heteroatoms. The molecule has 3 aromatic heterocycles. The van der Waals surface area contributed by atoms with Crippen molar-refractivity contribution in [2.75, 3.05) is 27.4 Å². The number of fused-ring (bicyclic) bond motifs is 8. The van der Waals surface area contributed by atoms with Gasteiger partial charge in [-0.25, -0.2) is 14.6 Å². The van der Waals surface area contributed by atoms with Gasteiger partial charge in [-0.2, -0.15) is 5.26 Å². The number of hydrogen-bond acceptors (Lipinski definition) is 9. The Labute approximate surface area is 483 Å². The SMILES string of the molecule is COc1ccc(C(OC[C@H](CC#Cc2c3ccc([n-]3)c(-c3ccccc3)c3nc(cc4nc(c(-c5ccccc5)c5ccc2[n-]5)C=C4)C=C3)OP(OCCC#N)N(C(C)C)C(C)C)(c2ccccc2)c2ccc(OC)cc2)cc1.[Zn+2]. The van der Waals surface area contributed by atoms with Crippen LogP contribution in [-0.4, -0.2) is 60.3 Å². The molecule has 80 heavy (non-hydrogen) atoms. The molecule has 0 saturated carbocycles. The second kappa shape index (κ2) is 26.5. The minimum Gasteiger partial charge on any atom is -0.656 e. The number of benzene rings is 5. The van der Waals surface area contributed by atoms with E-state index in [9.17, 15) is 5.26 Å². The molecule has 10 rings (SSSR count). The third-order valence-corrected chi connectivity index (χ3v) is 15.8. The molecule has 1 unspecified atom stereocenters. The Hall–Kier alpha value is -7.76. The summed E-state index contributed by atoms with van der Waals surface area (Å²) in [7, 11) is 1.58. The van der Waals surface area contributed by atoms with E-state index in [2.05, 4.69) is 86.7 Å². The van der Waals surface area contributed by atoms with Gasteiger partial charge in [0.05, 0.1) is 68.8 Å². The van der Waals surface area contributed by atoms with Crippen molar-refractivity contribution in [3.63, 3.8) is 0 Å². The maximum atomic E-state index is 9.67. The summed E-state index contributed by atoms with van der Waals surface area (Å²) in [6.45, 7) is 8.77. The molecule has 5 aromatic carbocycles. The van der Waals surface area contributed by atoms with E-state index in [0.717, 1.165) is 72.8 Å². The molecule has 2 aliphatic heterocycles. The molecule has 5 heterocycles. The standard InChI is InChI=1S/C67H61N6O5P.Zn/c1-46(2)73(47(3)4)79(77-43-17-42-68)78-57(45-76-67(50-22-14-9-15-23-50,51-26-32-55(74-5)33-27-51)52-28-34-56(75-6)35-29-52)24-16-25-58-59-38-40-63(71-59)65(48-18-10-7-11-19-48)61-36-30-53(69-61)44-54-31-37-62(70-54)66(49-20-12-8-13-21-49)64-41-39-60(58)72-64;/h7-15,18-23,26-41,44,46-47,57H,17,24,43,45H2,1-6H3;/q-2;+2/t57-,79?;/m0./s1. The molecule has 0 N–H and O–H groups in total. The first-order valence-electron chi connectivity index (χ1n) is 26.5. The van der Waals surface area contributed by atoms with E-state index in [-0.39, 0.29) is 57.6 Å². The first-order valence-corrected chi connectivity index (χ1v) is 27.6. The Morgan fingerprint density at radius 2 is 1.05 bits per heavy atom. The quantitative estimate of drug-likeness (QED) is 0.0252. The van der Waals surface area contributed by atoms with Gasteiger partial charge in [-0.1, -0.05) is 151 Å². The second-order valence-corrected chi connectivity index (χ2v) is 20.9. The van der Waals surface area contributed by atoms with Gasteiger partial charge in [0.15, 0.2) is 0 Å². The van der Waals surface area contributed by atoms with Crippen molar-refractivity contribution in [1.82, 2.24) is 24.6 Å². The fourth-order valence-electron chi connectivity index (χ4n) is 10.0. The van der Waals surface area contributed by atoms with Crippen molar-refractivity contribution in [1.29, 1.82) is 5.26 Å². The Bertz CT molecular complexity index is 3540. The predicted molar refractivity (Wildman–Crippen MR) is 318 cm³/mol. The van der Waals surface area contributed by atoms with E-state index in [0.29, 0.717) is 28.1 Å². The van der Waals surface area contributed by atoms with E-state index in [1.165, 1.54) is 0 Å². The topological polar surface area (TPSA) is 127 Å². The van der Waals surface area contributed by atoms with Gasteiger partial charge in [-0.15, -0.1) is 22.1 Å². The fourth-order valence-corrected chi connectivity index (χ4v) is 11.7. The van der Waals surface area contributed by atoms with Gasteiger partial charge in [0.1, 0.15) is 17.1 Å². The zero-order valence-corrected chi connectivity index (χ0v) is 49.8. The number of methoxy groups -OCH3 is 2. The normalized spacial score (nSPS) is 12.7. The number of rotatable bonds is 19. The van der Waals surface area contributed by atoms with Crippen LogP contribution >= 0.6 is 8.53 Å². The van der Waals surface area contributed by atoms with Crippen LogP contribution in [-0.2, 0) is 38.9 Å². The summed E-state index contributed by atoms with van der Waals surface area (Å²) in [6.07, 6.45) is 7.87. The summed E-state index contributed by atoms with van der Waals surface area (Å²) in [5.74, 6) is 8.62. The van der Waals surface area contributed by atoms with Crippen LogP contribution in [0.4, 0.5) is 0 Å². The third kappa shape index (κ3) is 12.6. The Morgan fingerprint density at radius 1 is 0.588 bits per heavy atom. The summed E-state index contributed by atoms with van der Waals surface area (Å²) in [5, 5.41) is 9.67. The average molecular weight is 1130 g/mol. The third-order valence-electron chi connectivity index (χ3n) is 13.7. The minimum atomic E-state index is -1.73. The van der Waals surface area contributed by atoms with Crippen LogP contribution in [0.1, 0.15) is 85.6 Å². The van der Waals surface area contributed by atoms with E-state index < -0.39 is 20.2 Å². The van der Waals surface area contributed by atoms with Crippen molar-refractivity contribution in [2.45, 2.75) is 64.3 Å². The van der Waals surface area contributed by atoms with Crippen LogP contribution in [0.25, 0.3) is 68.6 Å². The number of aromatic nitrogens is 4. The van der Waals surface area contributed by atoms with Crippen molar-refractivity contribution in [3.05, 3.63) is 215 Å². The summed E-state index contributed by atoms with van der Waals surface area (Å²) >= 11 is 0. The Morgan fingerprint density at radius 3 is 1.51 bits per heavy atom. The maximum Gasteiger partial charge on any atom is 2.00 e. The van der Waals surface area contributed by atoms with Gasteiger partial charge in [0, 0.05) is 18.5 Å². The zero-order chi connectivity index (χ0) is 54.7. The van der Waals surface area contributed by atoms with Gasteiger partial charge in [-0.3, -0.25) is 0 Å². The first-order chi connectivity index (χ1) is 38.6. The minimum absolute atomic E-state index is 0. The molecule has 0 aliphatic carbocycles. The number of nitriles is 1. The maximum absolute atomic E-state index is 9.67. The number of hydrogen-bond donors (Lipinski definition) is 0. The Kier molecular flexibility index (Phi) is 18.8. The molecule has 8 bridgehead atoms. The summed E-state index contributed by atoms with van der Waals surface area (Å²) < 4.78 is 34.9. The largest absolute Gasteiger partial charge is 2.00 e. The summed E-state index contributed by atoms with van der Waals surface area (Å²) in [6, 6.07) is 59.0. The van der Waals surface area contributed by atoms with E-state index in [1.807, 2.05) is 158 Å². The molecule has 0 radical (unpaired) electrons. The van der Waals surface area contributed by atoms with Crippen LogP contribution in [0.2, 0.25) is 0 Å². The molecule has 0 fully saturated rings. The molecular formula is C67H61N6O5PZn. The van der Waals surface area contributed by atoms with Crippen LogP contribution in [0.3, 0.4) is 0 Å². The number of ether oxygens (including phenoxy) is 3. The smallest absolute Gasteiger partial charge is 0.656 e. The molecule has 0 saturated heterocycles. The van der Waals surface area contributed by atoms with Crippen molar-refractivity contribution >= 4 is 54.9 Å². The zero-order valence-electron chi connectivity index (χ0n) is 45.9. The molecule has 396 valence electrons. The van der Waals surface area contributed by atoms with Crippen molar-refractivity contribution in [3.8, 4) is 51.7 Å². The Balaban J connectivity index is 0.00000774. The summed E-state index contributed by atoms with van der Waals surface area (Å²) in [5.41, 5.74) is 11.9. The first kappa shape index (κ1) is 56.9. The van der Waals surface area contributed by atoms with E-state index >= 15 is 0 Å². The predicted octanol–water partition coefficient (Wildman–Crippen LogP) is 14.7. The monoisotopic (exact) mass is 1120 g/mol. The average Bonchev–Trinajstić information content (AvgIpc) is 4.35. The molecule has 8 aromatic rings. The van der Waals surface area contributed by atoms with Crippen LogP contribution < -0.4 is 19.4 Å². The second-order valence-electron chi connectivity index (χ2n) is 19.5. The fraction of sp³-hybridized carbons (Fsp3) is 0.209. The van der Waals surface area contributed by atoms with Crippen LogP contribution in [0.5, 0.6) is 11.5 Å². The van der Waals surface area contributed by atoms with Crippen LogP contribution in [0, 0.1) is 23.2 Å². The molecule has 11 nitrogen and oxygen atoms in total. The van der Waals surface area contributed by atoms with Crippen molar-refractivity contribution < 1.29 is 42.7 Å². The molecule has 2 atom stereocenters. The molecular weight excluding hydrogens is 1070 g/mol. The van der Waals surface area contributed by atoms with Gasteiger partial charge < -0.3 is 33.2 Å². The van der Waals surface area contributed by atoms with Crippen LogP contribution in [0.15, 0.2) is 170 Å². The van der Waals surface area contributed by atoms with E-state index in [4.69, 9.17) is 43.2 Å². The van der Waals surface area contributed by atoms with Gasteiger partial charge >= 0.3 is 19.5 Å². The van der Waals surface area contributed by atoms with Gasteiger partial charge in [-0.05, 0) is 127 Å². The van der Waals surface area contributed by atoms with Gasteiger partial charge in [0.2, 0.25) is 0 Å². The van der Waals surface area contributed by atoms with E-state index in [1.54, 1.807) is 14.2 Å². The molecule has 0 amide bonds. The molecule has 0 spiro atoms. The van der Waals surface area contributed by atoms with Gasteiger partial charge in [0.25, 0.3) is 8.53 Å². The summed E-state index contributed by atoms with van der Waals surface area (Å²) in [4.78, 5) is 21.0.